The van der Waals surface area contributed by atoms with E-state index in [0.717, 1.165) is 21.4 Å². The van der Waals surface area contributed by atoms with Gasteiger partial charge in [-0.25, -0.2) is 0 Å². The molecule has 4 N–H and O–H groups in total. The Morgan fingerprint density at radius 3 is 2.67 bits per heavy atom. The first-order valence-corrected chi connectivity index (χ1v) is 6.59. The van der Waals surface area contributed by atoms with Crippen molar-refractivity contribution in [3.63, 3.8) is 0 Å². The zero-order valence-corrected chi connectivity index (χ0v) is 12.0. The largest absolute Gasteiger partial charge is 0.395 e. The number of rotatable bonds is 3. The van der Waals surface area contributed by atoms with Gasteiger partial charge in [0.1, 0.15) is 0 Å². The molecule has 0 aliphatic carbocycles. The van der Waals surface area contributed by atoms with E-state index >= 15 is 0 Å². The van der Waals surface area contributed by atoms with E-state index in [2.05, 4.69) is 38.1 Å². The highest BCUT2D eigenvalue weighted by molar-refractivity contribution is 14.1. The average molecular weight is 356 g/mol. The smallest absolute Gasteiger partial charge is 0.278 e. The van der Waals surface area contributed by atoms with Crippen molar-refractivity contribution in [1.82, 2.24) is 10.2 Å². The molecule has 0 fully saturated rings. The van der Waals surface area contributed by atoms with Gasteiger partial charge in [-0.05, 0) is 53.3 Å². The standard InChI is InChI=1S/C12H13IN4O/c1-2-9-10(14)11(17-16-9)12(18)15-8-5-3-7(13)4-6-8/h3-6H,2,14H2,1H3,(H,15,18)(H,16,17). The second-order valence-corrected chi connectivity index (χ2v) is 5.02. The van der Waals surface area contributed by atoms with Crippen molar-refractivity contribution in [2.45, 2.75) is 13.3 Å². The van der Waals surface area contributed by atoms with Gasteiger partial charge in [-0.1, -0.05) is 6.92 Å². The first-order valence-electron chi connectivity index (χ1n) is 5.51. The number of hydrogen-bond acceptors (Lipinski definition) is 3. The number of aromatic amines is 1. The van der Waals surface area contributed by atoms with E-state index in [4.69, 9.17) is 5.73 Å². The van der Waals surface area contributed by atoms with Gasteiger partial charge in [0.15, 0.2) is 5.69 Å². The number of carbonyl (C=O) groups excluding carboxylic acids is 1. The normalized spacial score (nSPS) is 10.3. The van der Waals surface area contributed by atoms with E-state index in [1.165, 1.54) is 0 Å². The topological polar surface area (TPSA) is 83.8 Å². The Bertz CT molecular complexity index is 562. The molecule has 2 rings (SSSR count). The van der Waals surface area contributed by atoms with Gasteiger partial charge in [0.2, 0.25) is 0 Å². The van der Waals surface area contributed by atoms with Crippen molar-refractivity contribution in [1.29, 1.82) is 0 Å². The highest BCUT2D eigenvalue weighted by Crippen LogP contribution is 2.17. The maximum atomic E-state index is 12.0. The van der Waals surface area contributed by atoms with Crippen LogP contribution in [-0.4, -0.2) is 16.1 Å². The number of nitrogen functional groups attached to an aromatic ring is 1. The Labute approximate surface area is 118 Å². The minimum atomic E-state index is -0.301. The molecule has 0 aliphatic rings. The number of halogens is 1. The van der Waals surface area contributed by atoms with Crippen LogP contribution in [0, 0.1) is 3.57 Å². The SMILES string of the molecule is CCc1[nH]nc(C(=O)Nc2ccc(I)cc2)c1N. The molecule has 0 spiro atoms. The van der Waals surface area contributed by atoms with Gasteiger partial charge >= 0.3 is 0 Å². The Balaban J connectivity index is 2.16. The molecule has 1 heterocycles. The molecule has 1 amide bonds. The number of nitrogens with zero attached hydrogens (tertiary/aromatic N) is 1. The van der Waals surface area contributed by atoms with Crippen molar-refractivity contribution < 1.29 is 4.79 Å². The van der Waals surface area contributed by atoms with Crippen molar-refractivity contribution >= 4 is 39.9 Å². The molecule has 2 aromatic rings. The van der Waals surface area contributed by atoms with Crippen LogP contribution in [0.3, 0.4) is 0 Å². The van der Waals surface area contributed by atoms with Crippen LogP contribution in [0.1, 0.15) is 23.1 Å². The van der Waals surface area contributed by atoms with E-state index in [9.17, 15) is 4.79 Å². The lowest BCUT2D eigenvalue weighted by molar-refractivity contribution is 0.102. The number of aromatic nitrogens is 2. The number of nitrogens with two attached hydrogens (primary N) is 1. The summed E-state index contributed by atoms with van der Waals surface area (Å²) in [5.74, 6) is -0.301. The lowest BCUT2D eigenvalue weighted by Gasteiger charge is -2.03. The predicted octanol–water partition coefficient (Wildman–Crippen LogP) is 2.41. The van der Waals surface area contributed by atoms with Crippen LogP contribution in [0.4, 0.5) is 11.4 Å². The fourth-order valence-electron chi connectivity index (χ4n) is 1.55. The summed E-state index contributed by atoms with van der Waals surface area (Å²) in [6, 6.07) is 7.51. The monoisotopic (exact) mass is 356 g/mol. The van der Waals surface area contributed by atoms with E-state index in [-0.39, 0.29) is 11.6 Å². The summed E-state index contributed by atoms with van der Waals surface area (Å²) in [7, 11) is 0. The number of carbonyl (C=O) groups is 1. The van der Waals surface area contributed by atoms with Gasteiger partial charge in [-0.15, -0.1) is 0 Å². The Morgan fingerprint density at radius 1 is 1.44 bits per heavy atom. The summed E-state index contributed by atoms with van der Waals surface area (Å²) in [6.45, 7) is 1.95. The number of aryl methyl sites for hydroxylation is 1. The minimum Gasteiger partial charge on any atom is -0.395 e. The minimum absolute atomic E-state index is 0.241. The van der Waals surface area contributed by atoms with Crippen LogP contribution in [0.15, 0.2) is 24.3 Å². The highest BCUT2D eigenvalue weighted by atomic mass is 127. The zero-order chi connectivity index (χ0) is 13.1. The number of amides is 1. The van der Waals surface area contributed by atoms with Crippen LogP contribution in [-0.2, 0) is 6.42 Å². The third-order valence-corrected chi connectivity index (χ3v) is 3.27. The number of hydrogen-bond donors (Lipinski definition) is 3. The number of anilines is 2. The number of H-pyrrole nitrogens is 1. The molecule has 0 saturated carbocycles. The third-order valence-electron chi connectivity index (χ3n) is 2.55. The molecule has 94 valence electrons. The molecule has 1 aromatic carbocycles. The van der Waals surface area contributed by atoms with Gasteiger partial charge in [0, 0.05) is 9.26 Å². The van der Waals surface area contributed by atoms with Crippen LogP contribution < -0.4 is 11.1 Å². The summed E-state index contributed by atoms with van der Waals surface area (Å²) in [6.07, 6.45) is 0.718. The van der Waals surface area contributed by atoms with E-state index in [1.54, 1.807) is 0 Å². The van der Waals surface area contributed by atoms with Gasteiger partial charge in [-0.2, -0.15) is 5.10 Å². The fraction of sp³-hybridized carbons (Fsp3) is 0.167. The first kappa shape index (κ1) is 12.9. The summed E-state index contributed by atoms with van der Waals surface area (Å²) in [4.78, 5) is 12.0. The van der Waals surface area contributed by atoms with Crippen molar-refractivity contribution in [2.24, 2.45) is 0 Å². The third kappa shape index (κ3) is 2.63. The molecule has 0 atom stereocenters. The molecule has 0 radical (unpaired) electrons. The average Bonchev–Trinajstić information content (AvgIpc) is 2.73. The lowest BCUT2D eigenvalue weighted by Crippen LogP contribution is -2.14. The Hall–Kier alpha value is -1.57. The maximum Gasteiger partial charge on any atom is 0.278 e. The number of benzene rings is 1. The van der Waals surface area contributed by atoms with Crippen molar-refractivity contribution in [3.05, 3.63) is 39.2 Å². The molecule has 18 heavy (non-hydrogen) atoms. The molecule has 6 heteroatoms. The highest BCUT2D eigenvalue weighted by Gasteiger charge is 2.16. The van der Waals surface area contributed by atoms with Crippen molar-refractivity contribution in [3.8, 4) is 0 Å². The van der Waals surface area contributed by atoms with Gasteiger partial charge in [0.25, 0.3) is 5.91 Å². The molecule has 1 aromatic heterocycles. The number of nitrogens with one attached hydrogen (secondary N) is 2. The molecular weight excluding hydrogens is 343 g/mol. The fourth-order valence-corrected chi connectivity index (χ4v) is 1.91. The van der Waals surface area contributed by atoms with E-state index in [0.29, 0.717) is 5.69 Å². The van der Waals surface area contributed by atoms with Crippen molar-refractivity contribution in [2.75, 3.05) is 11.1 Å². The van der Waals surface area contributed by atoms with Crippen LogP contribution in [0.5, 0.6) is 0 Å². The molecule has 0 aliphatic heterocycles. The van der Waals surface area contributed by atoms with Crippen LogP contribution in [0.25, 0.3) is 0 Å². The van der Waals surface area contributed by atoms with Crippen LogP contribution in [0.2, 0.25) is 0 Å². The second-order valence-electron chi connectivity index (χ2n) is 3.78. The summed E-state index contributed by atoms with van der Waals surface area (Å²) >= 11 is 2.21. The Morgan fingerprint density at radius 2 is 2.11 bits per heavy atom. The quantitative estimate of drug-likeness (QED) is 0.739. The van der Waals surface area contributed by atoms with E-state index in [1.807, 2.05) is 31.2 Å². The summed E-state index contributed by atoms with van der Waals surface area (Å²) < 4.78 is 1.11. The molecule has 0 saturated heterocycles. The van der Waals surface area contributed by atoms with Crippen LogP contribution >= 0.6 is 22.6 Å². The second kappa shape index (κ2) is 5.38. The van der Waals surface area contributed by atoms with Gasteiger partial charge < -0.3 is 11.1 Å². The molecule has 0 unspecified atom stereocenters. The molecule has 0 bridgehead atoms. The predicted molar refractivity (Wildman–Crippen MR) is 79.5 cm³/mol. The molecule has 5 nitrogen and oxygen atoms in total. The van der Waals surface area contributed by atoms with Gasteiger partial charge in [0.05, 0.1) is 11.4 Å². The van der Waals surface area contributed by atoms with E-state index < -0.39 is 0 Å². The first-order chi connectivity index (χ1) is 8.61. The Kier molecular flexibility index (Phi) is 3.85. The lowest BCUT2D eigenvalue weighted by atomic mass is 10.2. The molecular formula is C12H13IN4O. The maximum absolute atomic E-state index is 12.0. The summed E-state index contributed by atoms with van der Waals surface area (Å²) in [5, 5.41) is 9.46. The van der Waals surface area contributed by atoms with Gasteiger partial charge in [-0.3, -0.25) is 9.89 Å². The zero-order valence-electron chi connectivity index (χ0n) is 9.83. The summed E-state index contributed by atoms with van der Waals surface area (Å²) in [5.41, 5.74) is 8.00.